The number of piperidine rings is 1. The average Bonchev–Trinajstić information content (AvgIpc) is 3.40. The molecular formula is C29H37N3O2. The van der Waals surface area contributed by atoms with Crippen LogP contribution >= 0.6 is 0 Å². The first-order chi connectivity index (χ1) is 16.7. The highest BCUT2D eigenvalue weighted by atomic mass is 16.5. The summed E-state index contributed by atoms with van der Waals surface area (Å²) in [5.41, 5.74) is 3.30. The van der Waals surface area contributed by atoms with Crippen LogP contribution in [-0.2, 0) is 0 Å². The summed E-state index contributed by atoms with van der Waals surface area (Å²) < 4.78 is 5.59. The van der Waals surface area contributed by atoms with Gasteiger partial charge in [-0.3, -0.25) is 14.6 Å². The molecule has 0 aliphatic carbocycles. The molecule has 0 spiro atoms. The average molecular weight is 460 g/mol. The molecule has 0 aromatic heterocycles. The quantitative estimate of drug-likeness (QED) is 0.560. The van der Waals surface area contributed by atoms with Crippen LogP contribution in [-0.4, -0.2) is 72.5 Å². The normalized spacial score (nSPS) is 24.1. The fourth-order valence-corrected chi connectivity index (χ4v) is 6.24. The van der Waals surface area contributed by atoms with Crippen LogP contribution in [0.2, 0.25) is 0 Å². The smallest absolute Gasteiger partial charge is 0.253 e. The summed E-state index contributed by atoms with van der Waals surface area (Å²) in [5, 5.41) is 0. The van der Waals surface area contributed by atoms with Crippen molar-refractivity contribution in [2.24, 2.45) is 0 Å². The molecule has 3 unspecified atom stereocenters. The molecule has 5 nitrogen and oxygen atoms in total. The molecule has 3 saturated heterocycles. The van der Waals surface area contributed by atoms with E-state index in [-0.39, 0.29) is 11.9 Å². The van der Waals surface area contributed by atoms with Crippen molar-refractivity contribution in [1.82, 2.24) is 14.7 Å². The van der Waals surface area contributed by atoms with E-state index in [0.29, 0.717) is 12.1 Å². The number of fused-ring (bicyclic) bond motifs is 2. The monoisotopic (exact) mass is 459 g/mol. The number of amides is 1. The number of likely N-dealkylation sites (tertiary alicyclic amines) is 2. The second-order valence-corrected chi connectivity index (χ2v) is 9.99. The van der Waals surface area contributed by atoms with E-state index in [0.717, 1.165) is 56.9 Å². The minimum Gasteiger partial charge on any atom is -0.497 e. The molecule has 3 aliphatic heterocycles. The molecule has 3 heterocycles. The topological polar surface area (TPSA) is 36.0 Å². The molecule has 5 heteroatoms. The Hall–Kier alpha value is -2.63. The first-order valence-corrected chi connectivity index (χ1v) is 12.8. The lowest BCUT2D eigenvalue weighted by Gasteiger charge is -2.53. The van der Waals surface area contributed by atoms with Crippen molar-refractivity contribution in [3.05, 3.63) is 77.9 Å². The largest absolute Gasteiger partial charge is 0.497 e. The summed E-state index contributed by atoms with van der Waals surface area (Å²) in [6.07, 6.45) is 7.99. The SMILES string of the molecule is C=CCN1CC2CCCC(C1)N2C(c1ccc(C(=O)N2CCCC2)cc1)c1cccc(OC)c1. The van der Waals surface area contributed by atoms with Gasteiger partial charge >= 0.3 is 0 Å². The van der Waals surface area contributed by atoms with Gasteiger partial charge in [0.1, 0.15) is 5.75 Å². The Kier molecular flexibility index (Phi) is 7.02. The van der Waals surface area contributed by atoms with Crippen LogP contribution in [0.1, 0.15) is 59.6 Å². The zero-order valence-electron chi connectivity index (χ0n) is 20.4. The van der Waals surface area contributed by atoms with Gasteiger partial charge < -0.3 is 9.64 Å². The molecule has 0 N–H and O–H groups in total. The van der Waals surface area contributed by atoms with Crippen LogP contribution in [0.25, 0.3) is 0 Å². The Labute approximate surface area is 204 Å². The summed E-state index contributed by atoms with van der Waals surface area (Å²) in [7, 11) is 1.73. The molecule has 3 atom stereocenters. The lowest BCUT2D eigenvalue weighted by atomic mass is 9.85. The number of piperazine rings is 1. The highest BCUT2D eigenvalue weighted by Crippen LogP contribution is 2.40. The molecule has 2 aromatic carbocycles. The van der Waals surface area contributed by atoms with Crippen molar-refractivity contribution in [3.63, 3.8) is 0 Å². The van der Waals surface area contributed by atoms with Crippen LogP contribution in [0.3, 0.4) is 0 Å². The van der Waals surface area contributed by atoms with Gasteiger partial charge in [0, 0.05) is 50.4 Å². The summed E-state index contributed by atoms with van der Waals surface area (Å²) in [6, 6.07) is 18.1. The number of methoxy groups -OCH3 is 1. The van der Waals surface area contributed by atoms with Crippen LogP contribution in [0.15, 0.2) is 61.2 Å². The molecule has 180 valence electrons. The standard InChI is InChI=1S/C29H37N3O2/c1-3-16-30-20-25-9-7-10-26(21-30)32(25)28(24-8-6-11-27(19-24)34-2)22-12-14-23(15-13-22)29(33)31-17-4-5-18-31/h3,6,8,11-15,19,25-26,28H,1,4-5,7,9-10,16-18,20-21H2,2H3. The van der Waals surface area contributed by atoms with Gasteiger partial charge in [-0.1, -0.05) is 36.8 Å². The van der Waals surface area contributed by atoms with Gasteiger partial charge in [0.15, 0.2) is 0 Å². The van der Waals surface area contributed by atoms with Crippen molar-refractivity contribution in [2.75, 3.05) is 39.8 Å². The van der Waals surface area contributed by atoms with E-state index in [2.05, 4.69) is 46.7 Å². The first kappa shape index (κ1) is 23.1. The van der Waals surface area contributed by atoms with Crippen LogP contribution < -0.4 is 4.74 Å². The van der Waals surface area contributed by atoms with Crippen LogP contribution in [0.5, 0.6) is 5.75 Å². The maximum absolute atomic E-state index is 12.9. The molecule has 3 aliphatic rings. The van der Waals surface area contributed by atoms with Gasteiger partial charge in [-0.2, -0.15) is 0 Å². The minimum absolute atomic E-state index is 0.146. The first-order valence-electron chi connectivity index (χ1n) is 12.8. The second kappa shape index (κ2) is 10.3. The van der Waals surface area contributed by atoms with Gasteiger partial charge in [0.05, 0.1) is 13.2 Å². The summed E-state index contributed by atoms with van der Waals surface area (Å²) in [4.78, 5) is 20.2. The van der Waals surface area contributed by atoms with Gasteiger partial charge in [-0.25, -0.2) is 0 Å². The predicted octanol–water partition coefficient (Wildman–Crippen LogP) is 4.75. The molecular weight excluding hydrogens is 422 g/mol. The van der Waals surface area contributed by atoms with Crippen molar-refractivity contribution >= 4 is 5.91 Å². The number of carbonyl (C=O) groups excluding carboxylic acids is 1. The number of ether oxygens (including phenoxy) is 1. The van der Waals surface area contributed by atoms with Crippen molar-refractivity contribution < 1.29 is 9.53 Å². The van der Waals surface area contributed by atoms with Gasteiger partial charge in [-0.05, 0) is 61.1 Å². The number of hydrogen-bond acceptors (Lipinski definition) is 4. The molecule has 3 fully saturated rings. The van der Waals surface area contributed by atoms with Crippen LogP contribution in [0.4, 0.5) is 0 Å². The molecule has 34 heavy (non-hydrogen) atoms. The molecule has 0 saturated carbocycles. The Morgan fingerprint density at radius 2 is 1.74 bits per heavy atom. The highest BCUT2D eigenvalue weighted by Gasteiger charge is 2.41. The van der Waals surface area contributed by atoms with Gasteiger partial charge in [0.25, 0.3) is 5.91 Å². The molecule has 2 aromatic rings. The third kappa shape index (κ3) is 4.64. The summed E-state index contributed by atoms with van der Waals surface area (Å²) in [6.45, 7) is 8.84. The van der Waals surface area contributed by atoms with E-state index in [1.54, 1.807) is 7.11 Å². The van der Waals surface area contributed by atoms with Crippen molar-refractivity contribution in [2.45, 2.75) is 50.2 Å². The van der Waals surface area contributed by atoms with E-state index in [1.165, 1.54) is 30.4 Å². The van der Waals surface area contributed by atoms with E-state index >= 15 is 0 Å². The van der Waals surface area contributed by atoms with E-state index in [9.17, 15) is 4.79 Å². The Balaban J connectivity index is 1.49. The van der Waals surface area contributed by atoms with E-state index < -0.39 is 0 Å². The van der Waals surface area contributed by atoms with Gasteiger partial charge in [0.2, 0.25) is 0 Å². The molecule has 0 radical (unpaired) electrons. The second-order valence-electron chi connectivity index (χ2n) is 9.99. The zero-order valence-corrected chi connectivity index (χ0v) is 20.4. The van der Waals surface area contributed by atoms with Crippen molar-refractivity contribution in [1.29, 1.82) is 0 Å². The van der Waals surface area contributed by atoms with Crippen molar-refractivity contribution in [3.8, 4) is 5.75 Å². The maximum atomic E-state index is 12.9. The van der Waals surface area contributed by atoms with Gasteiger partial charge in [-0.15, -0.1) is 6.58 Å². The third-order valence-corrected chi connectivity index (χ3v) is 7.82. The fourth-order valence-electron chi connectivity index (χ4n) is 6.24. The molecule has 2 bridgehead atoms. The third-order valence-electron chi connectivity index (χ3n) is 7.82. The lowest BCUT2D eigenvalue weighted by molar-refractivity contribution is -0.0250. The van der Waals surface area contributed by atoms with E-state index in [4.69, 9.17) is 4.74 Å². The number of benzene rings is 2. The van der Waals surface area contributed by atoms with E-state index in [1.807, 2.05) is 29.2 Å². The molecule has 1 amide bonds. The van der Waals surface area contributed by atoms with Crippen LogP contribution in [0, 0.1) is 0 Å². The summed E-state index contributed by atoms with van der Waals surface area (Å²) >= 11 is 0. The number of carbonyl (C=O) groups is 1. The maximum Gasteiger partial charge on any atom is 0.253 e. The minimum atomic E-state index is 0.146. The molecule has 5 rings (SSSR count). The predicted molar refractivity (Wildman–Crippen MR) is 136 cm³/mol. The number of hydrogen-bond donors (Lipinski definition) is 0. The Bertz CT molecular complexity index is 985. The zero-order chi connectivity index (χ0) is 23.5. The Morgan fingerprint density at radius 3 is 2.38 bits per heavy atom. The highest BCUT2D eigenvalue weighted by molar-refractivity contribution is 5.94. The summed E-state index contributed by atoms with van der Waals surface area (Å²) in [5.74, 6) is 1.05. The Morgan fingerprint density at radius 1 is 1.03 bits per heavy atom. The fraction of sp³-hybridized carbons (Fsp3) is 0.483. The number of nitrogens with zero attached hydrogens (tertiary/aromatic N) is 3. The number of rotatable bonds is 7. The lowest BCUT2D eigenvalue weighted by Crippen LogP contribution is -2.61.